The van der Waals surface area contributed by atoms with Crippen LogP contribution in [0.25, 0.3) is 0 Å². The number of hydrogen-bond acceptors (Lipinski definition) is 4. The first-order valence-corrected chi connectivity index (χ1v) is 12.2. The van der Waals surface area contributed by atoms with Crippen molar-refractivity contribution in [2.45, 2.75) is 51.3 Å². The lowest BCUT2D eigenvalue weighted by Gasteiger charge is -2.35. The minimum atomic E-state index is -0.375. The van der Waals surface area contributed by atoms with Gasteiger partial charge in [-0.2, -0.15) is 5.10 Å². The monoisotopic (exact) mass is 468 g/mol. The highest BCUT2D eigenvalue weighted by molar-refractivity contribution is 8.15. The number of aryl methyl sites for hydroxylation is 1. The van der Waals surface area contributed by atoms with Crippen molar-refractivity contribution in [3.8, 4) is 0 Å². The number of thioether (sulfide) groups is 1. The van der Waals surface area contributed by atoms with Gasteiger partial charge in [0.15, 0.2) is 0 Å². The Labute approximate surface area is 199 Å². The Hall–Kier alpha value is -2.31. The van der Waals surface area contributed by atoms with Crippen LogP contribution in [0.15, 0.2) is 52.6 Å². The van der Waals surface area contributed by atoms with Crippen molar-refractivity contribution in [2.24, 2.45) is 10.1 Å². The highest BCUT2D eigenvalue weighted by Gasteiger charge is 2.37. The molecule has 0 aromatic heterocycles. The Morgan fingerprint density at radius 2 is 1.91 bits per heavy atom. The van der Waals surface area contributed by atoms with Crippen LogP contribution < -0.4 is 4.90 Å². The van der Waals surface area contributed by atoms with Crippen molar-refractivity contribution in [3.63, 3.8) is 0 Å². The second-order valence-corrected chi connectivity index (χ2v) is 11.0. The standard InChI is InChI=1S/C25H29ClN4OS/c1-16(2)27-23(17-8-11-20(26)12-9-17)30-14-6-7-18-15-19(10-13-21(18)30)22-25(3,4)32-24(31)29(5)28-22/h8-13,15-16H,6-7,14H2,1-5H3. The summed E-state index contributed by atoms with van der Waals surface area (Å²) < 4.78 is -0.375. The van der Waals surface area contributed by atoms with Gasteiger partial charge in [0, 0.05) is 35.9 Å². The maximum absolute atomic E-state index is 12.1. The summed E-state index contributed by atoms with van der Waals surface area (Å²) in [4.78, 5) is 19.4. The average molecular weight is 469 g/mol. The molecule has 4 rings (SSSR count). The zero-order chi connectivity index (χ0) is 23.0. The van der Waals surface area contributed by atoms with Crippen molar-refractivity contribution in [3.05, 3.63) is 64.2 Å². The van der Waals surface area contributed by atoms with Crippen molar-refractivity contribution in [2.75, 3.05) is 18.5 Å². The number of nitrogens with zero attached hydrogens (tertiary/aromatic N) is 4. The van der Waals surface area contributed by atoms with Gasteiger partial charge in [0.2, 0.25) is 0 Å². The second-order valence-electron chi connectivity index (χ2n) is 9.00. The van der Waals surface area contributed by atoms with E-state index < -0.39 is 0 Å². The fourth-order valence-electron chi connectivity index (χ4n) is 4.16. The van der Waals surface area contributed by atoms with Gasteiger partial charge in [-0.3, -0.25) is 9.79 Å². The van der Waals surface area contributed by atoms with Gasteiger partial charge in [0.1, 0.15) is 5.84 Å². The maximum Gasteiger partial charge on any atom is 0.302 e. The predicted octanol–water partition coefficient (Wildman–Crippen LogP) is 6.23. The largest absolute Gasteiger partial charge is 0.326 e. The molecule has 0 saturated heterocycles. The fraction of sp³-hybridized carbons (Fsp3) is 0.400. The summed E-state index contributed by atoms with van der Waals surface area (Å²) in [5.74, 6) is 0.974. The first kappa shape index (κ1) is 22.9. The zero-order valence-electron chi connectivity index (χ0n) is 19.2. The summed E-state index contributed by atoms with van der Waals surface area (Å²) in [5.41, 5.74) is 5.52. The minimum Gasteiger partial charge on any atom is -0.326 e. The molecule has 1 amide bonds. The van der Waals surface area contributed by atoms with Crippen molar-refractivity contribution in [1.82, 2.24) is 5.01 Å². The van der Waals surface area contributed by atoms with Crippen LogP contribution in [0.3, 0.4) is 0 Å². The number of amides is 1. The van der Waals surface area contributed by atoms with E-state index >= 15 is 0 Å². The Morgan fingerprint density at radius 3 is 2.59 bits per heavy atom. The molecule has 168 valence electrons. The van der Waals surface area contributed by atoms with Crippen LogP contribution in [0, 0.1) is 0 Å². The first-order chi connectivity index (χ1) is 15.2. The Bertz CT molecular complexity index is 1090. The van der Waals surface area contributed by atoms with Gasteiger partial charge in [-0.05, 0) is 88.1 Å². The molecule has 2 aliphatic heterocycles. The van der Waals surface area contributed by atoms with E-state index in [2.05, 4.69) is 55.9 Å². The number of anilines is 1. The van der Waals surface area contributed by atoms with Gasteiger partial charge in [0.05, 0.1) is 10.5 Å². The normalized spacial score (nSPS) is 18.7. The maximum atomic E-state index is 12.1. The molecule has 2 aromatic rings. The number of aliphatic imine (C=N–C) groups is 1. The van der Waals surface area contributed by atoms with Gasteiger partial charge in [-0.15, -0.1) is 0 Å². The molecule has 0 unspecified atom stereocenters. The molecule has 0 fully saturated rings. The highest BCUT2D eigenvalue weighted by Crippen LogP contribution is 2.37. The van der Waals surface area contributed by atoms with Crippen molar-refractivity contribution >= 4 is 45.8 Å². The summed E-state index contributed by atoms with van der Waals surface area (Å²) in [5, 5.41) is 6.74. The number of benzene rings is 2. The molecule has 0 atom stereocenters. The van der Waals surface area contributed by atoms with Gasteiger partial charge >= 0.3 is 5.24 Å². The van der Waals surface area contributed by atoms with E-state index in [0.29, 0.717) is 0 Å². The lowest BCUT2D eigenvalue weighted by atomic mass is 9.93. The third-order valence-electron chi connectivity index (χ3n) is 5.64. The fourth-order valence-corrected chi connectivity index (χ4v) is 5.15. The smallest absolute Gasteiger partial charge is 0.302 e. The number of halogens is 1. The molecule has 32 heavy (non-hydrogen) atoms. The number of hydrazone groups is 1. The molecule has 0 bridgehead atoms. The number of amidine groups is 1. The summed E-state index contributed by atoms with van der Waals surface area (Å²) in [6, 6.07) is 14.6. The van der Waals surface area contributed by atoms with E-state index in [1.807, 2.05) is 24.3 Å². The number of fused-ring (bicyclic) bond motifs is 1. The number of carbonyl (C=O) groups is 1. The van der Waals surface area contributed by atoms with Crippen molar-refractivity contribution in [1.29, 1.82) is 0 Å². The third-order valence-corrected chi connectivity index (χ3v) is 7.03. The Morgan fingerprint density at radius 1 is 1.19 bits per heavy atom. The number of carbonyl (C=O) groups excluding carboxylic acids is 1. The minimum absolute atomic E-state index is 0.0274. The molecule has 0 saturated carbocycles. The molecule has 0 spiro atoms. The van der Waals surface area contributed by atoms with E-state index in [4.69, 9.17) is 16.6 Å². The van der Waals surface area contributed by atoms with Gasteiger partial charge in [-0.1, -0.05) is 29.4 Å². The van der Waals surface area contributed by atoms with Crippen LogP contribution in [-0.2, 0) is 6.42 Å². The molecule has 2 aliphatic rings. The van der Waals surface area contributed by atoms with Crippen LogP contribution in [0.2, 0.25) is 5.02 Å². The quantitative estimate of drug-likeness (QED) is 0.396. The molecule has 0 N–H and O–H groups in total. The average Bonchev–Trinajstić information content (AvgIpc) is 2.74. The van der Waals surface area contributed by atoms with Gasteiger partial charge in [-0.25, -0.2) is 5.01 Å². The molecule has 5 nitrogen and oxygen atoms in total. The first-order valence-electron chi connectivity index (χ1n) is 11.0. The van der Waals surface area contributed by atoms with E-state index in [-0.39, 0.29) is 16.0 Å². The SMILES string of the molecule is CC(C)N=C(c1ccc(Cl)cc1)N1CCCc2cc(C3=NN(C)C(=O)SC3(C)C)ccc21. The lowest BCUT2D eigenvalue weighted by Crippen LogP contribution is -2.40. The molecule has 2 aromatic carbocycles. The number of rotatable bonds is 3. The zero-order valence-corrected chi connectivity index (χ0v) is 20.8. The van der Waals surface area contributed by atoms with Crippen LogP contribution in [0.1, 0.15) is 50.8 Å². The summed E-state index contributed by atoms with van der Waals surface area (Å²) in [6.07, 6.45) is 2.05. The Kier molecular flexibility index (Phi) is 6.37. The van der Waals surface area contributed by atoms with Crippen LogP contribution in [-0.4, -0.2) is 46.2 Å². The van der Waals surface area contributed by atoms with Crippen molar-refractivity contribution < 1.29 is 4.79 Å². The highest BCUT2D eigenvalue weighted by atomic mass is 35.5. The molecular weight excluding hydrogens is 440 g/mol. The van der Waals surface area contributed by atoms with E-state index in [0.717, 1.165) is 47.1 Å². The Balaban J connectivity index is 1.75. The van der Waals surface area contributed by atoms with Crippen LogP contribution >= 0.6 is 23.4 Å². The summed E-state index contributed by atoms with van der Waals surface area (Å²) >= 11 is 7.45. The van der Waals surface area contributed by atoms with E-state index in [9.17, 15) is 4.79 Å². The molecule has 0 aliphatic carbocycles. The molecule has 7 heteroatoms. The second kappa shape index (κ2) is 8.91. The third kappa shape index (κ3) is 4.57. The van der Waals surface area contributed by atoms with Gasteiger partial charge < -0.3 is 4.90 Å². The topological polar surface area (TPSA) is 48.3 Å². The van der Waals surface area contributed by atoms with Crippen LogP contribution in [0.5, 0.6) is 0 Å². The molecule has 2 heterocycles. The molecule has 0 radical (unpaired) electrons. The predicted molar refractivity (Wildman–Crippen MR) is 137 cm³/mol. The van der Waals surface area contributed by atoms with E-state index in [1.165, 1.54) is 28.0 Å². The lowest BCUT2D eigenvalue weighted by molar-refractivity contribution is 0.234. The summed E-state index contributed by atoms with van der Waals surface area (Å²) in [6.45, 7) is 9.23. The molecular formula is C25H29ClN4OS. The number of hydrogen-bond donors (Lipinski definition) is 0. The summed E-state index contributed by atoms with van der Waals surface area (Å²) in [7, 11) is 1.71. The van der Waals surface area contributed by atoms with E-state index in [1.54, 1.807) is 7.05 Å². The van der Waals surface area contributed by atoms with Gasteiger partial charge in [0.25, 0.3) is 0 Å². The van der Waals surface area contributed by atoms with Crippen LogP contribution in [0.4, 0.5) is 10.5 Å².